The van der Waals surface area contributed by atoms with E-state index in [1.54, 1.807) is 7.11 Å². The molecule has 1 aromatic rings. The van der Waals surface area contributed by atoms with Gasteiger partial charge in [0, 0.05) is 52.9 Å². The number of carbonyl (C=O) groups excluding carboxylic acids is 1. The molecule has 0 saturated carbocycles. The number of ether oxygens (including phenoxy) is 1. The zero-order valence-corrected chi connectivity index (χ0v) is 15.7. The minimum absolute atomic E-state index is 0.135. The minimum atomic E-state index is -0.197. The van der Waals surface area contributed by atoms with Crippen LogP contribution in [0.25, 0.3) is 0 Å². The van der Waals surface area contributed by atoms with Crippen molar-refractivity contribution in [2.24, 2.45) is 5.92 Å². The summed E-state index contributed by atoms with van der Waals surface area (Å²) in [6.45, 7) is 7.78. The maximum absolute atomic E-state index is 13.0. The molecular formula is C20H30FN3O2. The van der Waals surface area contributed by atoms with Crippen LogP contribution >= 0.6 is 0 Å². The standard InChI is InChI=1S/C20H30FN3O2/c1-26-14-13-23-10-7-18(16-23)20(25)24-9-2-8-22(11-12-24)15-17-3-5-19(21)6-4-17/h3-6,18H,2,7-16H2,1H3/t18-/m1/s1. The summed E-state index contributed by atoms with van der Waals surface area (Å²) in [5.41, 5.74) is 1.12. The molecule has 3 rings (SSSR count). The van der Waals surface area contributed by atoms with Crippen LogP contribution in [0.4, 0.5) is 4.39 Å². The summed E-state index contributed by atoms with van der Waals surface area (Å²) >= 11 is 0. The predicted octanol–water partition coefficient (Wildman–Crippen LogP) is 1.83. The highest BCUT2D eigenvalue weighted by Gasteiger charge is 2.31. The fourth-order valence-electron chi connectivity index (χ4n) is 3.91. The average Bonchev–Trinajstić information content (AvgIpc) is 3.00. The molecule has 1 aromatic carbocycles. The molecule has 0 unspecified atom stereocenters. The Morgan fingerprint density at radius 2 is 1.92 bits per heavy atom. The van der Waals surface area contributed by atoms with Gasteiger partial charge in [0.05, 0.1) is 12.5 Å². The lowest BCUT2D eigenvalue weighted by Gasteiger charge is -2.25. The van der Waals surface area contributed by atoms with E-state index in [2.05, 4.69) is 14.7 Å². The number of amides is 1. The van der Waals surface area contributed by atoms with Gasteiger partial charge in [0.15, 0.2) is 0 Å². The SMILES string of the molecule is COCCN1CC[C@@H](C(=O)N2CCCN(Cc3ccc(F)cc3)CC2)C1. The summed E-state index contributed by atoms with van der Waals surface area (Å²) < 4.78 is 18.2. The number of halogens is 1. The molecule has 0 spiro atoms. The summed E-state index contributed by atoms with van der Waals surface area (Å²) in [6, 6.07) is 6.71. The largest absolute Gasteiger partial charge is 0.383 e. The van der Waals surface area contributed by atoms with E-state index in [9.17, 15) is 9.18 Å². The summed E-state index contributed by atoms with van der Waals surface area (Å²) in [4.78, 5) is 19.6. The topological polar surface area (TPSA) is 36.0 Å². The van der Waals surface area contributed by atoms with Crippen LogP contribution in [0.3, 0.4) is 0 Å². The highest BCUT2D eigenvalue weighted by Crippen LogP contribution is 2.20. The van der Waals surface area contributed by atoms with Crippen LogP contribution in [-0.4, -0.2) is 80.1 Å². The lowest BCUT2D eigenvalue weighted by atomic mass is 10.1. The number of likely N-dealkylation sites (tertiary alicyclic amines) is 1. The number of hydrogen-bond donors (Lipinski definition) is 0. The summed E-state index contributed by atoms with van der Waals surface area (Å²) in [5.74, 6) is 0.251. The molecule has 0 aromatic heterocycles. The normalized spacial score (nSPS) is 22.5. The van der Waals surface area contributed by atoms with E-state index in [1.807, 2.05) is 12.1 Å². The maximum atomic E-state index is 13.0. The van der Waals surface area contributed by atoms with Gasteiger partial charge in [-0.25, -0.2) is 4.39 Å². The molecule has 26 heavy (non-hydrogen) atoms. The van der Waals surface area contributed by atoms with Gasteiger partial charge in [-0.15, -0.1) is 0 Å². The molecule has 0 bridgehead atoms. The summed E-state index contributed by atoms with van der Waals surface area (Å²) in [7, 11) is 1.72. The molecule has 2 saturated heterocycles. The Labute approximate surface area is 155 Å². The molecule has 1 atom stereocenters. The second-order valence-electron chi connectivity index (χ2n) is 7.36. The van der Waals surface area contributed by atoms with Gasteiger partial charge in [-0.05, 0) is 37.1 Å². The van der Waals surface area contributed by atoms with Crippen molar-refractivity contribution >= 4 is 5.91 Å². The smallest absolute Gasteiger partial charge is 0.227 e. The van der Waals surface area contributed by atoms with Crippen molar-refractivity contribution in [2.45, 2.75) is 19.4 Å². The molecular weight excluding hydrogens is 333 g/mol. The zero-order chi connectivity index (χ0) is 18.4. The molecule has 2 heterocycles. The van der Waals surface area contributed by atoms with E-state index in [4.69, 9.17) is 4.74 Å². The van der Waals surface area contributed by atoms with Crippen molar-refractivity contribution in [1.29, 1.82) is 0 Å². The molecule has 144 valence electrons. The first kappa shape index (κ1) is 19.3. The quantitative estimate of drug-likeness (QED) is 0.773. The van der Waals surface area contributed by atoms with E-state index >= 15 is 0 Å². The molecule has 2 fully saturated rings. The fourth-order valence-corrected chi connectivity index (χ4v) is 3.91. The number of nitrogens with zero attached hydrogens (tertiary/aromatic N) is 3. The van der Waals surface area contributed by atoms with Crippen LogP contribution in [0, 0.1) is 11.7 Å². The number of benzene rings is 1. The first-order chi connectivity index (χ1) is 12.7. The third kappa shape index (κ3) is 5.25. The molecule has 2 aliphatic heterocycles. The Kier molecular flexibility index (Phi) is 7.00. The molecule has 2 aliphatic rings. The number of rotatable bonds is 6. The van der Waals surface area contributed by atoms with Gasteiger partial charge in [-0.1, -0.05) is 12.1 Å². The van der Waals surface area contributed by atoms with Crippen LogP contribution < -0.4 is 0 Å². The minimum Gasteiger partial charge on any atom is -0.383 e. The van der Waals surface area contributed by atoms with Crippen molar-refractivity contribution in [3.05, 3.63) is 35.6 Å². The molecule has 5 nitrogen and oxygen atoms in total. The monoisotopic (exact) mass is 363 g/mol. The summed E-state index contributed by atoms with van der Waals surface area (Å²) in [6.07, 6.45) is 1.95. The van der Waals surface area contributed by atoms with Crippen LogP contribution in [-0.2, 0) is 16.1 Å². The van der Waals surface area contributed by atoms with Crippen LogP contribution in [0.15, 0.2) is 24.3 Å². The Bertz CT molecular complexity index is 581. The predicted molar refractivity (Wildman–Crippen MR) is 99.3 cm³/mol. The lowest BCUT2D eigenvalue weighted by molar-refractivity contribution is -0.135. The first-order valence-corrected chi connectivity index (χ1v) is 9.62. The fraction of sp³-hybridized carbons (Fsp3) is 0.650. The van der Waals surface area contributed by atoms with Gasteiger partial charge >= 0.3 is 0 Å². The molecule has 6 heteroatoms. The van der Waals surface area contributed by atoms with Gasteiger partial charge < -0.3 is 14.5 Å². The Morgan fingerprint density at radius 3 is 2.69 bits per heavy atom. The van der Waals surface area contributed by atoms with Crippen LogP contribution in [0.2, 0.25) is 0 Å². The Hall–Kier alpha value is -1.50. The van der Waals surface area contributed by atoms with Gasteiger partial charge in [0.25, 0.3) is 0 Å². The highest BCUT2D eigenvalue weighted by atomic mass is 19.1. The Balaban J connectivity index is 1.47. The maximum Gasteiger partial charge on any atom is 0.227 e. The first-order valence-electron chi connectivity index (χ1n) is 9.62. The molecule has 1 amide bonds. The number of carbonyl (C=O) groups is 1. The second kappa shape index (κ2) is 9.44. The molecule has 0 radical (unpaired) electrons. The van der Waals surface area contributed by atoms with Crippen LogP contribution in [0.1, 0.15) is 18.4 Å². The van der Waals surface area contributed by atoms with Gasteiger partial charge in [0.1, 0.15) is 5.82 Å². The summed E-state index contributed by atoms with van der Waals surface area (Å²) in [5, 5.41) is 0. The van der Waals surface area contributed by atoms with Gasteiger partial charge in [-0.3, -0.25) is 9.69 Å². The van der Waals surface area contributed by atoms with Crippen molar-refractivity contribution in [3.8, 4) is 0 Å². The number of hydrogen-bond acceptors (Lipinski definition) is 4. The van der Waals surface area contributed by atoms with E-state index in [1.165, 1.54) is 12.1 Å². The van der Waals surface area contributed by atoms with Crippen molar-refractivity contribution in [1.82, 2.24) is 14.7 Å². The van der Waals surface area contributed by atoms with Gasteiger partial charge in [-0.2, -0.15) is 0 Å². The van der Waals surface area contributed by atoms with Gasteiger partial charge in [0.2, 0.25) is 5.91 Å². The third-order valence-corrected chi connectivity index (χ3v) is 5.45. The van der Waals surface area contributed by atoms with Crippen molar-refractivity contribution < 1.29 is 13.9 Å². The van der Waals surface area contributed by atoms with E-state index in [0.717, 1.165) is 77.4 Å². The van der Waals surface area contributed by atoms with E-state index < -0.39 is 0 Å². The third-order valence-electron chi connectivity index (χ3n) is 5.45. The van der Waals surface area contributed by atoms with Crippen molar-refractivity contribution in [3.63, 3.8) is 0 Å². The van der Waals surface area contributed by atoms with E-state index in [-0.39, 0.29) is 11.7 Å². The molecule has 0 aliphatic carbocycles. The highest BCUT2D eigenvalue weighted by molar-refractivity contribution is 5.79. The zero-order valence-electron chi connectivity index (χ0n) is 15.7. The lowest BCUT2D eigenvalue weighted by Crippen LogP contribution is -2.40. The molecule has 0 N–H and O–H groups in total. The Morgan fingerprint density at radius 1 is 1.12 bits per heavy atom. The average molecular weight is 363 g/mol. The van der Waals surface area contributed by atoms with E-state index in [0.29, 0.717) is 5.91 Å². The second-order valence-corrected chi connectivity index (χ2v) is 7.36. The van der Waals surface area contributed by atoms with Crippen LogP contribution in [0.5, 0.6) is 0 Å². The van der Waals surface area contributed by atoms with Crippen molar-refractivity contribution in [2.75, 3.05) is 59.5 Å². The number of methoxy groups -OCH3 is 1.